The van der Waals surface area contributed by atoms with E-state index in [1.165, 1.54) is 19.9 Å². The van der Waals surface area contributed by atoms with E-state index in [1.807, 2.05) is 25.8 Å². The van der Waals surface area contributed by atoms with Gasteiger partial charge in [-0.05, 0) is 82.1 Å². The quantitative estimate of drug-likeness (QED) is 0.244. The summed E-state index contributed by atoms with van der Waals surface area (Å²) in [5.41, 5.74) is 6.07. The fourth-order valence-corrected chi connectivity index (χ4v) is 5.16. The molecule has 0 atom stereocenters. The molecule has 8 nitrogen and oxygen atoms in total. The van der Waals surface area contributed by atoms with Gasteiger partial charge in [-0.15, -0.1) is 11.3 Å². The van der Waals surface area contributed by atoms with Gasteiger partial charge in [0.25, 0.3) is 5.91 Å². The van der Waals surface area contributed by atoms with E-state index in [0.29, 0.717) is 10.8 Å². The number of primary amides is 1. The number of anilines is 2. The van der Waals surface area contributed by atoms with Crippen molar-refractivity contribution in [2.75, 3.05) is 32.6 Å². The number of pyridine rings is 1. The van der Waals surface area contributed by atoms with Crippen molar-refractivity contribution in [2.24, 2.45) is 5.73 Å². The van der Waals surface area contributed by atoms with Crippen LogP contribution in [0.5, 0.6) is 0 Å². The van der Waals surface area contributed by atoms with Gasteiger partial charge in [-0.1, -0.05) is 19.9 Å². The lowest BCUT2D eigenvalue weighted by Gasteiger charge is -2.22. The average molecular weight is 593 g/mol. The van der Waals surface area contributed by atoms with E-state index in [4.69, 9.17) is 10.5 Å². The minimum atomic E-state index is -1.40. The Bertz CT molecular complexity index is 1250. The molecular weight excluding hydrogens is 550 g/mol. The highest BCUT2D eigenvalue weighted by molar-refractivity contribution is 7.20. The van der Waals surface area contributed by atoms with Crippen LogP contribution in [0.4, 0.5) is 19.6 Å². The highest BCUT2D eigenvalue weighted by Crippen LogP contribution is 2.40. The van der Waals surface area contributed by atoms with Crippen LogP contribution in [-0.2, 0) is 21.7 Å². The summed E-state index contributed by atoms with van der Waals surface area (Å²) in [5, 5.41) is 13.6. The lowest BCUT2D eigenvalue weighted by atomic mass is 9.96. The number of hydrogen-bond acceptors (Lipinski definition) is 8. The number of nitrogens with zero attached hydrogens (tertiary/aromatic N) is 2. The summed E-state index contributed by atoms with van der Waals surface area (Å²) in [6.45, 7) is 14.0. The third-order valence-corrected chi connectivity index (χ3v) is 6.97. The molecule has 0 unspecified atom stereocenters. The summed E-state index contributed by atoms with van der Waals surface area (Å²) < 4.78 is 34.1. The number of methoxy groups -OCH3 is 1. The first-order chi connectivity index (χ1) is 19.4. The molecule has 0 aliphatic heterocycles. The molecule has 4 N–H and O–H groups in total. The number of aliphatic hydroxyl groups is 1. The number of nitrogens with two attached hydrogens (primary N) is 1. The Hall–Kier alpha value is -3.25. The molecule has 0 saturated heterocycles. The Balaban J connectivity index is 0.00000157. The van der Waals surface area contributed by atoms with E-state index in [0.717, 1.165) is 67.2 Å². The summed E-state index contributed by atoms with van der Waals surface area (Å²) in [5.74, 6) is -1.89. The molecule has 0 bridgehead atoms. The number of rotatable bonds is 11. The number of benzene rings is 1. The van der Waals surface area contributed by atoms with Crippen molar-refractivity contribution < 1.29 is 28.2 Å². The van der Waals surface area contributed by atoms with Crippen molar-refractivity contribution >= 4 is 34.9 Å². The first kappa shape index (κ1) is 35.8. The second-order valence-electron chi connectivity index (χ2n) is 9.84. The van der Waals surface area contributed by atoms with Gasteiger partial charge in [0.2, 0.25) is 0 Å². The minimum Gasteiger partial charge on any atom is -0.388 e. The number of carbonyl (C=O) groups is 2. The fraction of sp³-hybridized carbons (Fsp3) is 0.433. The minimum absolute atomic E-state index is 0.112. The molecule has 0 radical (unpaired) electrons. The van der Waals surface area contributed by atoms with E-state index in [1.54, 1.807) is 14.2 Å². The van der Waals surface area contributed by atoms with Gasteiger partial charge in [0.15, 0.2) is 0 Å². The summed E-state index contributed by atoms with van der Waals surface area (Å²) in [7, 11) is 3.25. The maximum absolute atomic E-state index is 14.9. The van der Waals surface area contributed by atoms with Crippen molar-refractivity contribution in [2.45, 2.75) is 59.6 Å². The molecule has 41 heavy (non-hydrogen) atoms. The standard InChI is InChI=1S/C27H34F2N4O2S.C2H6O.CH2O/c1-6-10-33(11-7-2)15-17-8-9-23(31-16(17)3)32-26-19(25(30)34)14-22(36-26)24-20(28)12-18(13-21(24)29)27(4,5)35;1-3-2;1-2/h8-9,12-14,35H,6-7,10-11,15H2,1-5H3,(H2,30,34)(H,31,32);1-2H3;1H2. The lowest BCUT2D eigenvalue weighted by molar-refractivity contribution is -0.0980. The molecule has 0 spiro atoms. The number of halogens is 2. The van der Waals surface area contributed by atoms with Crippen LogP contribution in [0.2, 0.25) is 0 Å². The van der Waals surface area contributed by atoms with E-state index >= 15 is 0 Å². The van der Waals surface area contributed by atoms with Crippen LogP contribution in [0.25, 0.3) is 10.4 Å². The molecule has 2 aromatic heterocycles. The maximum atomic E-state index is 14.9. The number of thiophene rings is 1. The van der Waals surface area contributed by atoms with Crippen molar-refractivity contribution in [3.63, 3.8) is 0 Å². The highest BCUT2D eigenvalue weighted by atomic mass is 32.1. The predicted molar refractivity (Wildman–Crippen MR) is 162 cm³/mol. The number of nitrogens with one attached hydrogen (secondary N) is 1. The highest BCUT2D eigenvalue weighted by Gasteiger charge is 2.24. The number of ether oxygens (including phenoxy) is 1. The van der Waals surface area contributed by atoms with E-state index in [9.17, 15) is 18.7 Å². The molecular formula is C30H42F2N4O4S. The smallest absolute Gasteiger partial charge is 0.251 e. The van der Waals surface area contributed by atoms with Crippen molar-refractivity contribution in [1.29, 1.82) is 0 Å². The molecule has 11 heteroatoms. The van der Waals surface area contributed by atoms with Gasteiger partial charge >= 0.3 is 0 Å². The lowest BCUT2D eigenvalue weighted by Crippen LogP contribution is -2.25. The van der Waals surface area contributed by atoms with Gasteiger partial charge in [0.05, 0.1) is 16.7 Å². The SMILES string of the molecule is C=O.CCCN(CCC)Cc1ccc(Nc2sc(-c3c(F)cc(C(C)(C)O)cc3F)cc2C(N)=O)nc1C.COC. The van der Waals surface area contributed by atoms with Crippen LogP contribution in [0, 0.1) is 18.6 Å². The number of hydrogen-bond donors (Lipinski definition) is 3. The fourth-order valence-electron chi connectivity index (χ4n) is 4.04. The second kappa shape index (κ2) is 16.9. The zero-order valence-electron chi connectivity index (χ0n) is 24.9. The summed E-state index contributed by atoms with van der Waals surface area (Å²) >= 11 is 1.01. The maximum Gasteiger partial charge on any atom is 0.251 e. The third-order valence-electron chi connectivity index (χ3n) is 5.90. The van der Waals surface area contributed by atoms with E-state index < -0.39 is 23.1 Å². The topological polar surface area (TPSA) is 118 Å². The van der Waals surface area contributed by atoms with Gasteiger partial charge in [0.1, 0.15) is 29.2 Å². The van der Waals surface area contributed by atoms with Crippen LogP contribution < -0.4 is 11.1 Å². The molecule has 2 heterocycles. The van der Waals surface area contributed by atoms with Gasteiger partial charge in [-0.3, -0.25) is 9.69 Å². The predicted octanol–water partition coefficient (Wildman–Crippen LogP) is 6.17. The van der Waals surface area contributed by atoms with Crippen LogP contribution in [0.1, 0.15) is 67.7 Å². The molecule has 3 rings (SSSR count). The van der Waals surface area contributed by atoms with Crippen LogP contribution in [-0.4, -0.2) is 55.0 Å². The number of carbonyl (C=O) groups excluding carboxylic acids is 2. The zero-order chi connectivity index (χ0) is 31.3. The van der Waals surface area contributed by atoms with Crippen LogP contribution in [0.3, 0.4) is 0 Å². The average Bonchev–Trinajstić information content (AvgIpc) is 3.30. The Labute approximate surface area is 245 Å². The normalized spacial score (nSPS) is 10.9. The van der Waals surface area contributed by atoms with Crippen molar-refractivity contribution in [1.82, 2.24) is 9.88 Å². The van der Waals surface area contributed by atoms with Crippen molar-refractivity contribution in [3.8, 4) is 10.4 Å². The molecule has 226 valence electrons. The summed E-state index contributed by atoms with van der Waals surface area (Å²) in [4.78, 5) is 27.3. The van der Waals surface area contributed by atoms with E-state index in [-0.39, 0.29) is 21.6 Å². The first-order valence-electron chi connectivity index (χ1n) is 13.2. The number of aryl methyl sites for hydroxylation is 1. The van der Waals surface area contributed by atoms with Gasteiger partial charge in [0, 0.05) is 31.3 Å². The second-order valence-corrected chi connectivity index (χ2v) is 10.9. The van der Waals surface area contributed by atoms with Gasteiger partial charge in [-0.2, -0.15) is 0 Å². The van der Waals surface area contributed by atoms with Gasteiger partial charge in [-0.25, -0.2) is 13.8 Å². The number of amides is 1. The Kier molecular flexibility index (Phi) is 14.7. The summed E-state index contributed by atoms with van der Waals surface area (Å²) in [6.07, 6.45) is 2.15. The molecule has 0 aliphatic carbocycles. The molecule has 0 fully saturated rings. The molecule has 1 aromatic carbocycles. The molecule has 1 amide bonds. The molecule has 3 aromatic rings. The molecule has 0 aliphatic rings. The van der Waals surface area contributed by atoms with Gasteiger partial charge < -0.3 is 25.7 Å². The van der Waals surface area contributed by atoms with Crippen LogP contribution in [0.15, 0.2) is 30.3 Å². The third kappa shape index (κ3) is 10.3. The Morgan fingerprint density at radius 2 is 1.66 bits per heavy atom. The van der Waals surface area contributed by atoms with Crippen LogP contribution >= 0.6 is 11.3 Å². The largest absolute Gasteiger partial charge is 0.388 e. The number of aromatic nitrogens is 1. The monoisotopic (exact) mass is 592 g/mol. The zero-order valence-corrected chi connectivity index (χ0v) is 25.8. The van der Waals surface area contributed by atoms with Crippen molar-refractivity contribution in [3.05, 3.63) is 64.4 Å². The Morgan fingerprint density at radius 1 is 1.12 bits per heavy atom. The first-order valence-corrected chi connectivity index (χ1v) is 14.0. The summed E-state index contributed by atoms with van der Waals surface area (Å²) in [6, 6.07) is 7.38. The Morgan fingerprint density at radius 3 is 2.10 bits per heavy atom. The van der Waals surface area contributed by atoms with E-state index in [2.05, 4.69) is 33.8 Å². The molecule has 0 saturated carbocycles.